The van der Waals surface area contributed by atoms with Crippen molar-refractivity contribution in [1.29, 1.82) is 0 Å². The maximum Gasteiger partial charge on any atom is 0.0569 e. The van der Waals surface area contributed by atoms with Gasteiger partial charge in [-0.1, -0.05) is 0 Å². The molecule has 0 aliphatic carbocycles. The molecule has 0 saturated carbocycles. The molecule has 0 unspecified atom stereocenters. The third-order valence-corrected chi connectivity index (χ3v) is 1.68. The average Bonchev–Trinajstić information content (AvgIpc) is 1.67. The quantitative estimate of drug-likeness (QED) is 0.682. The molecule has 9 heavy (non-hydrogen) atoms. The van der Waals surface area contributed by atoms with Crippen LogP contribution in [0, 0.1) is 5.41 Å². The first-order chi connectivity index (χ1) is 3.83. The Balaban J connectivity index is 0.000000640. The van der Waals surface area contributed by atoms with E-state index >= 15 is 0 Å². The molecule has 0 aromatic carbocycles. The zero-order chi connectivity index (χ0) is 6.04. The summed E-state index contributed by atoms with van der Waals surface area (Å²) in [6.07, 6.45) is 0. The Morgan fingerprint density at radius 1 is 1.22 bits per heavy atom. The number of hydrogen-bond acceptors (Lipinski definition) is 3. The molecule has 0 aromatic rings. The van der Waals surface area contributed by atoms with Gasteiger partial charge in [0.05, 0.1) is 13.2 Å². The topological polar surface area (TPSA) is 61.3 Å². The van der Waals surface area contributed by atoms with Crippen molar-refractivity contribution in [2.24, 2.45) is 16.9 Å². The summed E-state index contributed by atoms with van der Waals surface area (Å²) in [6.45, 7) is 2.81. The molecule has 4 heteroatoms. The first kappa shape index (κ1) is 9.57. The molecule has 0 amide bonds. The number of ether oxygens (including phenoxy) is 1. The normalized spacial score (nSPS) is 22.0. The van der Waals surface area contributed by atoms with Gasteiger partial charge in [0.25, 0.3) is 0 Å². The van der Waals surface area contributed by atoms with Crippen LogP contribution < -0.4 is 11.5 Å². The third-order valence-electron chi connectivity index (χ3n) is 1.68. The van der Waals surface area contributed by atoms with Gasteiger partial charge in [0.1, 0.15) is 0 Å². The van der Waals surface area contributed by atoms with Gasteiger partial charge in [-0.25, -0.2) is 0 Å². The summed E-state index contributed by atoms with van der Waals surface area (Å²) in [4.78, 5) is 0. The maximum atomic E-state index is 5.42. The van der Waals surface area contributed by atoms with Crippen molar-refractivity contribution in [3.05, 3.63) is 0 Å². The van der Waals surface area contributed by atoms with Crippen LogP contribution in [0.15, 0.2) is 0 Å². The second kappa shape index (κ2) is 3.67. The Bertz CT molecular complexity index is 71.5. The van der Waals surface area contributed by atoms with Crippen LogP contribution in [0.1, 0.15) is 0 Å². The summed E-state index contributed by atoms with van der Waals surface area (Å²) in [5, 5.41) is 0. The van der Waals surface area contributed by atoms with Crippen LogP contribution in [0.4, 0.5) is 0 Å². The Labute approximate surface area is 69.4 Å². The minimum atomic E-state index is 0. The fraction of sp³-hybridized carbons (Fsp3) is 1.00. The molecular weight excluding hydrogens is 299 g/mol. The largest absolute Gasteiger partial charge is 0.380 e. The second-order valence-electron chi connectivity index (χ2n) is 2.40. The molecule has 1 rings (SSSR count). The van der Waals surface area contributed by atoms with E-state index in [1.807, 2.05) is 0 Å². The number of hydrogen-bond donors (Lipinski definition) is 2. The summed E-state index contributed by atoms with van der Waals surface area (Å²) < 4.78 is 4.96. The molecule has 58 valence electrons. The first-order valence-electron chi connectivity index (χ1n) is 2.81. The van der Waals surface area contributed by atoms with E-state index in [9.17, 15) is 0 Å². The van der Waals surface area contributed by atoms with Crippen LogP contribution >= 0.6 is 0 Å². The molecule has 0 bridgehead atoms. The van der Waals surface area contributed by atoms with Crippen LogP contribution in [0.3, 0.4) is 0 Å². The Morgan fingerprint density at radius 3 is 1.67 bits per heavy atom. The molecule has 1 heterocycles. The molecule has 4 N–H and O–H groups in total. The summed E-state index contributed by atoms with van der Waals surface area (Å²) in [5.41, 5.74) is 11.0. The van der Waals surface area contributed by atoms with E-state index < -0.39 is 0 Å². The van der Waals surface area contributed by atoms with E-state index in [4.69, 9.17) is 16.2 Å². The summed E-state index contributed by atoms with van der Waals surface area (Å²) in [6, 6.07) is 0. The molecule has 1 aliphatic rings. The van der Waals surface area contributed by atoms with Gasteiger partial charge < -0.3 is 16.2 Å². The van der Waals surface area contributed by atoms with Crippen LogP contribution in [-0.2, 0) is 25.8 Å². The van der Waals surface area contributed by atoms with Gasteiger partial charge in [-0.2, -0.15) is 0 Å². The summed E-state index contributed by atoms with van der Waals surface area (Å²) in [5.74, 6) is 0. The average molecular weight is 311 g/mol. The molecule has 1 aliphatic heterocycles. The third kappa shape index (κ3) is 1.74. The van der Waals surface area contributed by atoms with E-state index in [0.29, 0.717) is 13.1 Å². The van der Waals surface area contributed by atoms with E-state index in [2.05, 4.69) is 0 Å². The standard InChI is InChI=1S/C5H12N2O.Pt/c6-1-5(2-7)3-8-4-5;/h1-4,6-7H2;. The van der Waals surface area contributed by atoms with Gasteiger partial charge in [0.15, 0.2) is 0 Å². The summed E-state index contributed by atoms with van der Waals surface area (Å²) >= 11 is 0. The van der Waals surface area contributed by atoms with Gasteiger partial charge in [-0.3, -0.25) is 0 Å². The van der Waals surface area contributed by atoms with Crippen molar-refractivity contribution in [2.75, 3.05) is 26.3 Å². The zero-order valence-corrected chi connectivity index (χ0v) is 7.48. The maximum absolute atomic E-state index is 5.42. The molecule has 0 radical (unpaired) electrons. The summed E-state index contributed by atoms with van der Waals surface area (Å²) in [7, 11) is 0. The SMILES string of the molecule is NCC1(CN)COC1.[Pt]. The van der Waals surface area contributed by atoms with Gasteiger partial charge in [-0.15, -0.1) is 0 Å². The molecule has 0 spiro atoms. The number of nitrogens with two attached hydrogens (primary N) is 2. The van der Waals surface area contributed by atoms with Gasteiger partial charge in [0.2, 0.25) is 0 Å². The zero-order valence-electron chi connectivity index (χ0n) is 5.21. The minimum Gasteiger partial charge on any atom is -0.380 e. The van der Waals surface area contributed by atoms with Crippen molar-refractivity contribution < 1.29 is 25.8 Å². The Kier molecular flexibility index (Phi) is 3.90. The van der Waals surface area contributed by atoms with E-state index in [-0.39, 0.29) is 26.5 Å². The van der Waals surface area contributed by atoms with Crippen molar-refractivity contribution in [2.45, 2.75) is 0 Å². The van der Waals surface area contributed by atoms with E-state index in [0.717, 1.165) is 13.2 Å². The molecule has 0 aromatic heterocycles. The van der Waals surface area contributed by atoms with Crippen LogP contribution in [-0.4, -0.2) is 26.3 Å². The first-order valence-corrected chi connectivity index (χ1v) is 2.81. The van der Waals surface area contributed by atoms with Crippen LogP contribution in [0.2, 0.25) is 0 Å². The van der Waals surface area contributed by atoms with Crippen molar-refractivity contribution in [3.8, 4) is 0 Å². The van der Waals surface area contributed by atoms with E-state index in [1.54, 1.807) is 0 Å². The van der Waals surface area contributed by atoms with Gasteiger partial charge in [0, 0.05) is 39.6 Å². The van der Waals surface area contributed by atoms with Crippen molar-refractivity contribution in [1.82, 2.24) is 0 Å². The predicted octanol–water partition coefficient (Wildman–Crippen LogP) is -1.08. The molecular formula is C5H12N2OPt. The molecule has 1 saturated heterocycles. The second-order valence-corrected chi connectivity index (χ2v) is 2.40. The Morgan fingerprint density at radius 2 is 1.67 bits per heavy atom. The minimum absolute atomic E-state index is 0. The molecule has 1 fully saturated rings. The fourth-order valence-corrected chi connectivity index (χ4v) is 0.710. The monoisotopic (exact) mass is 311 g/mol. The van der Waals surface area contributed by atoms with Crippen LogP contribution in [0.5, 0.6) is 0 Å². The van der Waals surface area contributed by atoms with Crippen molar-refractivity contribution >= 4 is 0 Å². The van der Waals surface area contributed by atoms with Crippen LogP contribution in [0.25, 0.3) is 0 Å². The molecule has 0 atom stereocenters. The van der Waals surface area contributed by atoms with Gasteiger partial charge in [-0.05, 0) is 0 Å². The van der Waals surface area contributed by atoms with E-state index in [1.165, 1.54) is 0 Å². The fourth-order valence-electron chi connectivity index (χ4n) is 0.710. The van der Waals surface area contributed by atoms with Gasteiger partial charge >= 0.3 is 0 Å². The smallest absolute Gasteiger partial charge is 0.0569 e. The Hall–Kier alpha value is 0.568. The van der Waals surface area contributed by atoms with Crippen molar-refractivity contribution in [3.63, 3.8) is 0 Å². The number of rotatable bonds is 2. The molecule has 3 nitrogen and oxygen atoms in total. The predicted molar refractivity (Wildman–Crippen MR) is 31.4 cm³/mol.